The number of anilines is 1. The van der Waals surface area contributed by atoms with Crippen molar-refractivity contribution in [1.29, 1.82) is 0 Å². The Labute approximate surface area is 141 Å². The smallest absolute Gasteiger partial charge is 0.308 e. The number of hydrogen-bond acceptors (Lipinski definition) is 6. The van der Waals surface area contributed by atoms with Gasteiger partial charge in [0.05, 0.1) is 13.0 Å². The van der Waals surface area contributed by atoms with Crippen molar-refractivity contribution in [3.8, 4) is 11.4 Å². The Morgan fingerprint density at radius 3 is 2.79 bits per heavy atom. The summed E-state index contributed by atoms with van der Waals surface area (Å²) in [5.41, 5.74) is 1.93. The van der Waals surface area contributed by atoms with Crippen molar-refractivity contribution in [1.82, 2.24) is 15.0 Å². The molecule has 0 amide bonds. The maximum Gasteiger partial charge on any atom is 0.308 e. The minimum atomic E-state index is -0.117. The van der Waals surface area contributed by atoms with Gasteiger partial charge in [-0.1, -0.05) is 6.92 Å². The van der Waals surface area contributed by atoms with E-state index < -0.39 is 0 Å². The SMILES string of the molecule is CCc1cc(N[C@@H]2CC[C@H](C(=O)OC)C2)nc(-c2ccncc2)n1. The van der Waals surface area contributed by atoms with Gasteiger partial charge in [0.15, 0.2) is 5.82 Å². The van der Waals surface area contributed by atoms with Gasteiger partial charge < -0.3 is 10.1 Å². The van der Waals surface area contributed by atoms with Crippen LogP contribution in [0.3, 0.4) is 0 Å². The fourth-order valence-electron chi connectivity index (χ4n) is 3.09. The van der Waals surface area contributed by atoms with Gasteiger partial charge in [0, 0.05) is 35.8 Å². The maximum absolute atomic E-state index is 11.7. The van der Waals surface area contributed by atoms with Crippen LogP contribution in [0, 0.1) is 5.92 Å². The number of methoxy groups -OCH3 is 1. The van der Waals surface area contributed by atoms with E-state index in [0.29, 0.717) is 5.82 Å². The summed E-state index contributed by atoms with van der Waals surface area (Å²) in [6.07, 6.45) is 6.89. The zero-order valence-corrected chi connectivity index (χ0v) is 14.0. The molecular formula is C18H22N4O2. The van der Waals surface area contributed by atoms with E-state index in [1.807, 2.05) is 18.2 Å². The van der Waals surface area contributed by atoms with Crippen LogP contribution in [0.25, 0.3) is 11.4 Å². The van der Waals surface area contributed by atoms with Gasteiger partial charge in [-0.05, 0) is 37.8 Å². The van der Waals surface area contributed by atoms with E-state index in [1.54, 1.807) is 12.4 Å². The largest absolute Gasteiger partial charge is 0.469 e. The summed E-state index contributed by atoms with van der Waals surface area (Å²) in [5.74, 6) is 1.37. The van der Waals surface area contributed by atoms with E-state index >= 15 is 0 Å². The predicted molar refractivity (Wildman–Crippen MR) is 91.4 cm³/mol. The van der Waals surface area contributed by atoms with Crippen LogP contribution in [0.4, 0.5) is 5.82 Å². The molecule has 6 nitrogen and oxygen atoms in total. The van der Waals surface area contributed by atoms with Crippen LogP contribution in [-0.2, 0) is 16.0 Å². The molecule has 0 radical (unpaired) electrons. The number of rotatable bonds is 5. The molecule has 1 fully saturated rings. The Morgan fingerprint density at radius 1 is 1.29 bits per heavy atom. The Hall–Kier alpha value is -2.50. The van der Waals surface area contributed by atoms with Crippen LogP contribution in [0.5, 0.6) is 0 Å². The van der Waals surface area contributed by atoms with Crippen molar-refractivity contribution in [2.24, 2.45) is 5.92 Å². The molecule has 3 rings (SSSR count). The number of nitrogens with zero attached hydrogens (tertiary/aromatic N) is 3. The molecule has 0 aliphatic heterocycles. The number of ether oxygens (including phenoxy) is 1. The third-order valence-corrected chi connectivity index (χ3v) is 4.40. The fourth-order valence-corrected chi connectivity index (χ4v) is 3.09. The minimum absolute atomic E-state index is 0.0142. The summed E-state index contributed by atoms with van der Waals surface area (Å²) in [5, 5.41) is 3.46. The first-order valence-electron chi connectivity index (χ1n) is 8.32. The lowest BCUT2D eigenvalue weighted by atomic mass is 10.1. The lowest BCUT2D eigenvalue weighted by molar-refractivity contribution is -0.145. The summed E-state index contributed by atoms with van der Waals surface area (Å²) < 4.78 is 4.85. The fraction of sp³-hybridized carbons (Fsp3) is 0.444. The molecule has 0 unspecified atom stereocenters. The number of pyridine rings is 1. The lowest BCUT2D eigenvalue weighted by Gasteiger charge is -2.15. The molecule has 0 aromatic carbocycles. The van der Waals surface area contributed by atoms with Crippen LogP contribution in [0.1, 0.15) is 31.9 Å². The third kappa shape index (κ3) is 3.69. The van der Waals surface area contributed by atoms with Gasteiger partial charge in [0.2, 0.25) is 0 Å². The summed E-state index contributed by atoms with van der Waals surface area (Å²) in [7, 11) is 1.45. The highest BCUT2D eigenvalue weighted by molar-refractivity contribution is 5.72. The van der Waals surface area contributed by atoms with E-state index in [1.165, 1.54) is 7.11 Å². The first-order valence-corrected chi connectivity index (χ1v) is 8.32. The highest BCUT2D eigenvalue weighted by Gasteiger charge is 2.30. The second-order valence-corrected chi connectivity index (χ2v) is 6.03. The van der Waals surface area contributed by atoms with Crippen LogP contribution < -0.4 is 5.32 Å². The zero-order valence-electron chi connectivity index (χ0n) is 14.0. The van der Waals surface area contributed by atoms with E-state index in [9.17, 15) is 4.79 Å². The highest BCUT2D eigenvalue weighted by atomic mass is 16.5. The van der Waals surface area contributed by atoms with Gasteiger partial charge in [-0.15, -0.1) is 0 Å². The molecule has 2 aromatic rings. The quantitative estimate of drug-likeness (QED) is 0.851. The Bertz CT molecular complexity index is 705. The Kier molecular flexibility index (Phi) is 5.03. The summed E-state index contributed by atoms with van der Waals surface area (Å²) in [6.45, 7) is 2.07. The molecule has 2 heterocycles. The van der Waals surface area contributed by atoms with Crippen molar-refractivity contribution in [2.75, 3.05) is 12.4 Å². The molecule has 2 aromatic heterocycles. The molecule has 0 saturated heterocycles. The zero-order chi connectivity index (χ0) is 16.9. The first kappa shape index (κ1) is 16.4. The Morgan fingerprint density at radius 2 is 2.08 bits per heavy atom. The molecular weight excluding hydrogens is 304 g/mol. The molecule has 6 heteroatoms. The normalized spacial score (nSPS) is 19.9. The summed E-state index contributed by atoms with van der Waals surface area (Å²) >= 11 is 0. The van der Waals surface area contributed by atoms with Gasteiger partial charge in [-0.3, -0.25) is 9.78 Å². The van der Waals surface area contributed by atoms with E-state index in [0.717, 1.165) is 42.8 Å². The van der Waals surface area contributed by atoms with Crippen LogP contribution in [0.15, 0.2) is 30.6 Å². The monoisotopic (exact) mass is 326 g/mol. The van der Waals surface area contributed by atoms with Crippen LogP contribution in [-0.4, -0.2) is 34.1 Å². The maximum atomic E-state index is 11.7. The summed E-state index contributed by atoms with van der Waals surface area (Å²) in [6, 6.07) is 6.03. The molecule has 0 bridgehead atoms. The van der Waals surface area contributed by atoms with Crippen LogP contribution in [0.2, 0.25) is 0 Å². The van der Waals surface area contributed by atoms with E-state index in [2.05, 4.69) is 27.2 Å². The molecule has 126 valence electrons. The molecule has 1 aliphatic rings. The lowest BCUT2D eigenvalue weighted by Crippen LogP contribution is -2.19. The number of nitrogens with one attached hydrogen (secondary N) is 1. The number of carbonyl (C=O) groups is 1. The van der Waals surface area contributed by atoms with Crippen molar-refractivity contribution < 1.29 is 9.53 Å². The predicted octanol–water partition coefficient (Wildman–Crippen LogP) is 2.85. The molecule has 24 heavy (non-hydrogen) atoms. The van der Waals surface area contributed by atoms with Gasteiger partial charge in [-0.2, -0.15) is 0 Å². The number of aromatic nitrogens is 3. The van der Waals surface area contributed by atoms with Gasteiger partial charge in [-0.25, -0.2) is 9.97 Å². The van der Waals surface area contributed by atoms with Crippen molar-refractivity contribution in [3.63, 3.8) is 0 Å². The first-order chi connectivity index (χ1) is 11.7. The number of hydrogen-bond donors (Lipinski definition) is 1. The molecule has 2 atom stereocenters. The van der Waals surface area contributed by atoms with Gasteiger partial charge in [0.25, 0.3) is 0 Å². The Balaban J connectivity index is 1.77. The van der Waals surface area contributed by atoms with E-state index in [-0.39, 0.29) is 17.9 Å². The van der Waals surface area contributed by atoms with Gasteiger partial charge in [0.1, 0.15) is 5.82 Å². The van der Waals surface area contributed by atoms with Crippen molar-refractivity contribution in [3.05, 3.63) is 36.3 Å². The van der Waals surface area contributed by atoms with Crippen LogP contribution >= 0.6 is 0 Å². The molecule has 1 aliphatic carbocycles. The topological polar surface area (TPSA) is 77.0 Å². The standard InChI is InChI=1S/C18H22N4O2/c1-3-14-11-16(20-15-5-4-13(10-15)18(23)24-2)22-17(21-14)12-6-8-19-9-7-12/h6-9,11,13,15H,3-5,10H2,1-2H3,(H,20,21,22)/t13-,15+/m0/s1. The highest BCUT2D eigenvalue weighted by Crippen LogP contribution is 2.29. The molecule has 1 saturated carbocycles. The minimum Gasteiger partial charge on any atom is -0.469 e. The average Bonchev–Trinajstić information content (AvgIpc) is 3.10. The third-order valence-electron chi connectivity index (χ3n) is 4.40. The van der Waals surface area contributed by atoms with E-state index in [4.69, 9.17) is 4.74 Å². The molecule has 1 N–H and O–H groups in total. The molecule has 0 spiro atoms. The van der Waals surface area contributed by atoms with Crippen molar-refractivity contribution >= 4 is 11.8 Å². The second kappa shape index (κ2) is 7.38. The number of esters is 1. The number of aryl methyl sites for hydroxylation is 1. The average molecular weight is 326 g/mol. The second-order valence-electron chi connectivity index (χ2n) is 6.03. The number of carbonyl (C=O) groups excluding carboxylic acids is 1. The van der Waals surface area contributed by atoms with Gasteiger partial charge >= 0.3 is 5.97 Å². The summed E-state index contributed by atoms with van der Waals surface area (Å²) in [4.78, 5) is 24.9. The van der Waals surface area contributed by atoms with Crippen molar-refractivity contribution in [2.45, 2.75) is 38.6 Å².